The number of amides is 1. The molecule has 4 saturated carbocycles. The first-order valence-corrected chi connectivity index (χ1v) is 14.3. The molecule has 0 spiro atoms. The maximum absolute atomic E-state index is 12.8. The standard InChI is InChI=1S/C28H50N2O2/c1-29-19-26(24-17-16-21-10-8-9-13-23(21)18-24)28(22-11-4-2-5-12-22)32-20-27(31)30-25-14-6-3-7-15-25/h21-26,28-29H,2-20H2,1H3,(H,30,31)/t21?,23?,24?,26-,28-/m1/s1. The normalized spacial score (nSPS) is 32.1. The van der Waals surface area contributed by atoms with Gasteiger partial charge < -0.3 is 15.4 Å². The second kappa shape index (κ2) is 12.7. The van der Waals surface area contributed by atoms with Gasteiger partial charge in [-0.05, 0) is 75.7 Å². The summed E-state index contributed by atoms with van der Waals surface area (Å²) in [6.45, 7) is 1.30. The molecule has 2 N–H and O–H groups in total. The average Bonchev–Trinajstić information content (AvgIpc) is 2.84. The van der Waals surface area contributed by atoms with Gasteiger partial charge in [0, 0.05) is 18.5 Å². The van der Waals surface area contributed by atoms with Gasteiger partial charge in [-0.3, -0.25) is 4.79 Å². The van der Waals surface area contributed by atoms with Gasteiger partial charge >= 0.3 is 0 Å². The highest BCUT2D eigenvalue weighted by Crippen LogP contribution is 2.47. The van der Waals surface area contributed by atoms with Gasteiger partial charge in [0.25, 0.3) is 0 Å². The van der Waals surface area contributed by atoms with Gasteiger partial charge in [-0.2, -0.15) is 0 Å². The summed E-state index contributed by atoms with van der Waals surface area (Å²) in [4.78, 5) is 12.8. The van der Waals surface area contributed by atoms with Crippen molar-refractivity contribution in [1.29, 1.82) is 0 Å². The van der Waals surface area contributed by atoms with Gasteiger partial charge in [0.1, 0.15) is 6.61 Å². The van der Waals surface area contributed by atoms with Gasteiger partial charge in [0.05, 0.1) is 6.10 Å². The number of ether oxygens (including phenoxy) is 1. The predicted molar refractivity (Wildman–Crippen MR) is 132 cm³/mol. The van der Waals surface area contributed by atoms with E-state index in [0.29, 0.717) is 17.9 Å². The van der Waals surface area contributed by atoms with Crippen molar-refractivity contribution in [1.82, 2.24) is 10.6 Å². The maximum Gasteiger partial charge on any atom is 0.246 e. The van der Waals surface area contributed by atoms with Crippen LogP contribution in [0.4, 0.5) is 0 Å². The average molecular weight is 447 g/mol. The van der Waals surface area contributed by atoms with Crippen molar-refractivity contribution in [2.24, 2.45) is 29.6 Å². The molecule has 4 aliphatic rings. The highest BCUT2D eigenvalue weighted by atomic mass is 16.5. The molecule has 0 aromatic rings. The third-order valence-electron chi connectivity index (χ3n) is 9.54. The predicted octanol–water partition coefficient (Wildman–Crippen LogP) is 5.84. The third kappa shape index (κ3) is 6.72. The Balaban J connectivity index is 1.40. The molecule has 0 radical (unpaired) electrons. The molecule has 32 heavy (non-hydrogen) atoms. The van der Waals surface area contributed by atoms with Crippen LogP contribution in [0.15, 0.2) is 0 Å². The van der Waals surface area contributed by atoms with E-state index in [1.54, 1.807) is 0 Å². The van der Waals surface area contributed by atoms with E-state index >= 15 is 0 Å². The molecule has 184 valence electrons. The van der Waals surface area contributed by atoms with Crippen LogP contribution in [0, 0.1) is 29.6 Å². The van der Waals surface area contributed by atoms with Crippen LogP contribution in [0.5, 0.6) is 0 Å². The number of rotatable bonds is 9. The molecule has 0 saturated heterocycles. The molecule has 0 aromatic carbocycles. The van der Waals surface area contributed by atoms with E-state index in [-0.39, 0.29) is 18.6 Å². The van der Waals surface area contributed by atoms with Crippen LogP contribution in [-0.4, -0.2) is 38.3 Å². The van der Waals surface area contributed by atoms with Crippen molar-refractivity contribution in [2.75, 3.05) is 20.2 Å². The Hall–Kier alpha value is -0.610. The van der Waals surface area contributed by atoms with E-state index in [4.69, 9.17) is 4.74 Å². The van der Waals surface area contributed by atoms with E-state index in [9.17, 15) is 4.79 Å². The zero-order chi connectivity index (χ0) is 22.2. The zero-order valence-electron chi connectivity index (χ0n) is 20.8. The van der Waals surface area contributed by atoms with E-state index in [1.165, 1.54) is 96.3 Å². The van der Waals surface area contributed by atoms with E-state index in [1.807, 2.05) is 0 Å². The molecule has 0 aliphatic heterocycles. The Labute approximate surface area is 197 Å². The Kier molecular flexibility index (Phi) is 9.76. The number of carbonyl (C=O) groups excluding carboxylic acids is 1. The quantitative estimate of drug-likeness (QED) is 0.467. The minimum Gasteiger partial charge on any atom is -0.368 e. The van der Waals surface area contributed by atoms with E-state index < -0.39 is 0 Å². The maximum atomic E-state index is 12.8. The monoisotopic (exact) mass is 446 g/mol. The Morgan fingerprint density at radius 3 is 2.16 bits per heavy atom. The number of nitrogens with one attached hydrogen (secondary N) is 2. The summed E-state index contributed by atoms with van der Waals surface area (Å²) in [6, 6.07) is 0.377. The van der Waals surface area contributed by atoms with Gasteiger partial charge in [0.15, 0.2) is 0 Å². The number of hydrogen-bond donors (Lipinski definition) is 2. The molecule has 3 unspecified atom stereocenters. The summed E-state index contributed by atoms with van der Waals surface area (Å²) in [7, 11) is 2.10. The van der Waals surface area contributed by atoms with Gasteiger partial charge in [-0.15, -0.1) is 0 Å². The van der Waals surface area contributed by atoms with Crippen molar-refractivity contribution in [3.8, 4) is 0 Å². The number of carbonyl (C=O) groups is 1. The van der Waals surface area contributed by atoms with Gasteiger partial charge in [0.2, 0.25) is 5.91 Å². The lowest BCUT2D eigenvalue weighted by Crippen LogP contribution is -2.46. The van der Waals surface area contributed by atoms with Crippen molar-refractivity contribution in [3.05, 3.63) is 0 Å². The molecule has 5 atom stereocenters. The smallest absolute Gasteiger partial charge is 0.246 e. The van der Waals surface area contributed by atoms with Crippen LogP contribution in [0.1, 0.15) is 109 Å². The fourth-order valence-electron chi connectivity index (χ4n) is 7.85. The van der Waals surface area contributed by atoms with E-state index in [2.05, 4.69) is 17.7 Å². The largest absolute Gasteiger partial charge is 0.368 e. The van der Waals surface area contributed by atoms with Gasteiger partial charge in [-0.1, -0.05) is 64.2 Å². The summed E-state index contributed by atoms with van der Waals surface area (Å²) in [6.07, 6.45) is 23.0. The van der Waals surface area contributed by atoms with Crippen molar-refractivity contribution < 1.29 is 9.53 Å². The van der Waals surface area contributed by atoms with Crippen molar-refractivity contribution in [3.63, 3.8) is 0 Å². The van der Waals surface area contributed by atoms with Crippen LogP contribution in [0.25, 0.3) is 0 Å². The highest BCUT2D eigenvalue weighted by Gasteiger charge is 2.41. The van der Waals surface area contributed by atoms with Gasteiger partial charge in [-0.25, -0.2) is 0 Å². The van der Waals surface area contributed by atoms with Crippen LogP contribution >= 0.6 is 0 Å². The summed E-state index contributed by atoms with van der Waals surface area (Å²) >= 11 is 0. The molecule has 4 rings (SSSR count). The summed E-state index contributed by atoms with van der Waals surface area (Å²) in [5.41, 5.74) is 0. The molecular weight excluding hydrogens is 396 g/mol. The summed E-state index contributed by atoms with van der Waals surface area (Å²) in [5, 5.41) is 6.81. The van der Waals surface area contributed by atoms with E-state index in [0.717, 1.165) is 37.1 Å². The first-order valence-electron chi connectivity index (χ1n) is 14.3. The molecule has 4 aliphatic carbocycles. The molecule has 0 heterocycles. The second-order valence-electron chi connectivity index (χ2n) is 11.7. The molecule has 4 fully saturated rings. The lowest BCUT2D eigenvalue weighted by Gasteiger charge is -2.45. The Bertz CT molecular complexity index is 556. The molecule has 0 bridgehead atoms. The van der Waals surface area contributed by atoms with Crippen LogP contribution in [0.2, 0.25) is 0 Å². The molecule has 4 nitrogen and oxygen atoms in total. The highest BCUT2D eigenvalue weighted by molar-refractivity contribution is 5.77. The lowest BCUT2D eigenvalue weighted by atomic mass is 9.63. The molecule has 4 heteroatoms. The van der Waals surface area contributed by atoms with Crippen molar-refractivity contribution in [2.45, 2.75) is 121 Å². The number of fused-ring (bicyclic) bond motifs is 1. The Morgan fingerprint density at radius 1 is 0.781 bits per heavy atom. The molecule has 0 aromatic heterocycles. The number of hydrogen-bond acceptors (Lipinski definition) is 3. The van der Waals surface area contributed by atoms with Crippen LogP contribution < -0.4 is 10.6 Å². The fraction of sp³-hybridized carbons (Fsp3) is 0.964. The third-order valence-corrected chi connectivity index (χ3v) is 9.54. The zero-order valence-corrected chi connectivity index (χ0v) is 20.8. The first-order chi connectivity index (χ1) is 15.7. The van der Waals surface area contributed by atoms with Crippen molar-refractivity contribution >= 4 is 5.91 Å². The van der Waals surface area contributed by atoms with Crippen LogP contribution in [-0.2, 0) is 9.53 Å². The minimum atomic E-state index is 0.122. The summed E-state index contributed by atoms with van der Waals surface area (Å²) in [5.74, 6) is 4.00. The Morgan fingerprint density at radius 2 is 1.44 bits per heavy atom. The fourth-order valence-corrected chi connectivity index (χ4v) is 7.85. The summed E-state index contributed by atoms with van der Waals surface area (Å²) < 4.78 is 6.64. The lowest BCUT2D eigenvalue weighted by molar-refractivity contribution is -0.134. The first kappa shape index (κ1) is 24.5. The second-order valence-corrected chi connectivity index (χ2v) is 11.7. The minimum absolute atomic E-state index is 0.122. The molecule has 1 amide bonds. The van der Waals surface area contributed by atoms with Crippen LogP contribution in [0.3, 0.4) is 0 Å². The molecular formula is C28H50N2O2. The topological polar surface area (TPSA) is 50.4 Å². The SMILES string of the molecule is CNC[C@H](C1CCC2CCCCC2C1)[C@H](OCC(=O)NC1CCCCC1)C1CCCCC1.